The van der Waals surface area contributed by atoms with Crippen LogP contribution in [-0.2, 0) is 14.3 Å². The molecule has 0 aliphatic heterocycles. The quantitative estimate of drug-likeness (QED) is 0.608. The molecule has 0 rings (SSSR count). The van der Waals surface area contributed by atoms with Crippen LogP contribution in [0, 0.1) is 0 Å². The van der Waals surface area contributed by atoms with Crippen molar-refractivity contribution in [3.8, 4) is 0 Å². The van der Waals surface area contributed by atoms with Crippen LogP contribution in [0.1, 0.15) is 13.3 Å². The van der Waals surface area contributed by atoms with E-state index < -0.39 is 17.8 Å². The summed E-state index contributed by atoms with van der Waals surface area (Å²) in [6, 6.07) is 0. The Balaban J connectivity index is -0.000000605. The van der Waals surface area contributed by atoms with E-state index in [0.717, 1.165) is 0 Å². The highest BCUT2D eigenvalue weighted by Gasteiger charge is 2.10. The largest absolute Gasteiger partial charge is 0.478 e. The van der Waals surface area contributed by atoms with E-state index in [1.165, 1.54) is 0 Å². The number of aliphatic carboxylic acids is 1. The Hall–Kier alpha value is -0.810. The SMILES string of the molecule is CCCOC(=O)C(F)=CC(=O)O.Cl.Cl. The Morgan fingerprint density at radius 1 is 1.43 bits per heavy atom. The number of hydrogen-bond donors (Lipinski definition) is 1. The molecule has 0 bridgehead atoms. The highest BCUT2D eigenvalue weighted by molar-refractivity contribution is 5.93. The van der Waals surface area contributed by atoms with Crippen LogP contribution in [-0.4, -0.2) is 23.7 Å². The molecule has 0 aliphatic rings. The second-order valence-electron chi connectivity index (χ2n) is 1.97. The molecule has 0 atom stereocenters. The van der Waals surface area contributed by atoms with Gasteiger partial charge >= 0.3 is 11.9 Å². The first kappa shape index (κ1) is 18.9. The molecular weight excluding hydrogens is 238 g/mol. The van der Waals surface area contributed by atoms with Gasteiger partial charge in [0.05, 0.1) is 12.7 Å². The van der Waals surface area contributed by atoms with Crippen LogP contribution in [0.15, 0.2) is 11.9 Å². The lowest BCUT2D eigenvalue weighted by molar-refractivity contribution is -0.141. The van der Waals surface area contributed by atoms with Gasteiger partial charge < -0.3 is 9.84 Å². The van der Waals surface area contributed by atoms with E-state index in [9.17, 15) is 14.0 Å². The lowest BCUT2D eigenvalue weighted by Crippen LogP contribution is -2.07. The molecule has 14 heavy (non-hydrogen) atoms. The molecule has 0 radical (unpaired) electrons. The fraction of sp³-hybridized carbons (Fsp3) is 0.429. The second kappa shape index (κ2) is 10.3. The predicted molar refractivity (Wildman–Crippen MR) is 52.6 cm³/mol. The van der Waals surface area contributed by atoms with Crippen molar-refractivity contribution in [1.29, 1.82) is 0 Å². The Labute approximate surface area is 92.9 Å². The van der Waals surface area contributed by atoms with Crippen LogP contribution in [0.4, 0.5) is 4.39 Å². The van der Waals surface area contributed by atoms with Crippen molar-refractivity contribution in [2.75, 3.05) is 6.61 Å². The van der Waals surface area contributed by atoms with Gasteiger partial charge in [0.15, 0.2) is 0 Å². The zero-order chi connectivity index (χ0) is 9.56. The summed E-state index contributed by atoms with van der Waals surface area (Å²) < 4.78 is 16.7. The molecule has 84 valence electrons. The van der Waals surface area contributed by atoms with Gasteiger partial charge in [0.1, 0.15) is 0 Å². The number of halogens is 3. The van der Waals surface area contributed by atoms with Crippen LogP contribution in [0.25, 0.3) is 0 Å². The normalized spacial score (nSPS) is 9.43. The standard InChI is InChI=1S/C7H9FO4.2ClH/c1-2-3-12-7(11)5(8)4-6(9)10;;/h4H,2-3H2,1H3,(H,9,10);2*1H. The zero-order valence-electron chi connectivity index (χ0n) is 7.36. The molecule has 0 amide bonds. The van der Waals surface area contributed by atoms with E-state index in [1.807, 2.05) is 0 Å². The van der Waals surface area contributed by atoms with Crippen molar-refractivity contribution < 1.29 is 23.8 Å². The van der Waals surface area contributed by atoms with Gasteiger partial charge in [0.25, 0.3) is 0 Å². The molecule has 0 unspecified atom stereocenters. The maximum absolute atomic E-state index is 12.4. The summed E-state index contributed by atoms with van der Waals surface area (Å²) in [6.45, 7) is 1.83. The van der Waals surface area contributed by atoms with Crippen molar-refractivity contribution in [3.05, 3.63) is 11.9 Å². The summed E-state index contributed by atoms with van der Waals surface area (Å²) in [5.74, 6) is -4.14. The molecule has 1 N–H and O–H groups in total. The van der Waals surface area contributed by atoms with Gasteiger partial charge in [0, 0.05) is 0 Å². The van der Waals surface area contributed by atoms with E-state index in [2.05, 4.69) is 4.74 Å². The summed E-state index contributed by atoms with van der Waals surface area (Å²) in [5.41, 5.74) is 0. The summed E-state index contributed by atoms with van der Waals surface area (Å²) in [4.78, 5) is 20.4. The lowest BCUT2D eigenvalue weighted by Gasteiger charge is -1.98. The minimum absolute atomic E-state index is 0. The average molecular weight is 249 g/mol. The van der Waals surface area contributed by atoms with Gasteiger partial charge in [-0.05, 0) is 6.42 Å². The number of carboxylic acid groups (broad SMARTS) is 1. The first-order valence-electron chi connectivity index (χ1n) is 3.35. The van der Waals surface area contributed by atoms with Crippen molar-refractivity contribution in [3.63, 3.8) is 0 Å². The fourth-order valence-corrected chi connectivity index (χ4v) is 0.431. The van der Waals surface area contributed by atoms with Gasteiger partial charge in [-0.15, -0.1) is 24.8 Å². The predicted octanol–water partition coefficient (Wildman–Crippen LogP) is 1.72. The van der Waals surface area contributed by atoms with Crippen LogP contribution in [0.3, 0.4) is 0 Å². The molecule has 0 heterocycles. The molecule has 0 saturated heterocycles. The van der Waals surface area contributed by atoms with Crippen molar-refractivity contribution in [1.82, 2.24) is 0 Å². The van der Waals surface area contributed by atoms with Crippen LogP contribution in [0.5, 0.6) is 0 Å². The van der Waals surface area contributed by atoms with Crippen LogP contribution < -0.4 is 0 Å². The van der Waals surface area contributed by atoms with Gasteiger partial charge in [-0.2, -0.15) is 4.39 Å². The number of esters is 1. The van der Waals surface area contributed by atoms with E-state index in [4.69, 9.17) is 5.11 Å². The Bertz CT molecular complexity index is 218. The molecule has 0 saturated carbocycles. The summed E-state index contributed by atoms with van der Waals surface area (Å²) in [6.07, 6.45) is 0.726. The van der Waals surface area contributed by atoms with E-state index in [0.29, 0.717) is 6.42 Å². The number of carbonyl (C=O) groups excluding carboxylic acids is 1. The topological polar surface area (TPSA) is 63.6 Å². The number of ether oxygens (including phenoxy) is 1. The number of carboxylic acids is 1. The fourth-order valence-electron chi connectivity index (χ4n) is 0.431. The molecule has 0 aromatic heterocycles. The third-order valence-electron chi connectivity index (χ3n) is 0.882. The first-order chi connectivity index (χ1) is 5.57. The van der Waals surface area contributed by atoms with Gasteiger partial charge in [0.2, 0.25) is 5.83 Å². The molecule has 7 heteroatoms. The molecule has 0 aliphatic carbocycles. The zero-order valence-corrected chi connectivity index (χ0v) is 8.99. The van der Waals surface area contributed by atoms with Crippen molar-refractivity contribution >= 4 is 36.8 Å². The van der Waals surface area contributed by atoms with E-state index >= 15 is 0 Å². The molecule has 0 aromatic carbocycles. The molecule has 0 fully saturated rings. The Morgan fingerprint density at radius 2 is 1.93 bits per heavy atom. The monoisotopic (exact) mass is 248 g/mol. The highest BCUT2D eigenvalue weighted by atomic mass is 35.5. The Kier molecular flexibility index (Phi) is 13.8. The van der Waals surface area contributed by atoms with Crippen molar-refractivity contribution in [2.45, 2.75) is 13.3 Å². The third-order valence-corrected chi connectivity index (χ3v) is 0.882. The van der Waals surface area contributed by atoms with Crippen molar-refractivity contribution in [2.24, 2.45) is 0 Å². The minimum Gasteiger partial charge on any atom is -0.478 e. The molecule has 0 spiro atoms. The summed E-state index contributed by atoms with van der Waals surface area (Å²) >= 11 is 0. The maximum atomic E-state index is 12.4. The van der Waals surface area contributed by atoms with Gasteiger partial charge in [-0.3, -0.25) is 0 Å². The van der Waals surface area contributed by atoms with E-state index in [1.54, 1.807) is 6.92 Å². The van der Waals surface area contributed by atoms with Gasteiger partial charge in [-0.1, -0.05) is 6.92 Å². The smallest absolute Gasteiger partial charge is 0.367 e. The minimum atomic E-state index is -1.51. The van der Waals surface area contributed by atoms with Gasteiger partial charge in [-0.25, -0.2) is 9.59 Å². The molecular formula is C7H11Cl2FO4. The highest BCUT2D eigenvalue weighted by Crippen LogP contribution is 1.99. The molecule has 0 aromatic rings. The van der Waals surface area contributed by atoms with Crippen LogP contribution in [0.2, 0.25) is 0 Å². The van der Waals surface area contributed by atoms with E-state index in [-0.39, 0.29) is 37.5 Å². The number of hydrogen-bond acceptors (Lipinski definition) is 3. The second-order valence-corrected chi connectivity index (χ2v) is 1.97. The lowest BCUT2D eigenvalue weighted by atomic mass is 10.4. The number of rotatable bonds is 4. The summed E-state index contributed by atoms with van der Waals surface area (Å²) in [7, 11) is 0. The first-order valence-corrected chi connectivity index (χ1v) is 3.35. The number of carbonyl (C=O) groups is 2. The third kappa shape index (κ3) is 9.28. The molecule has 4 nitrogen and oxygen atoms in total. The Morgan fingerprint density at radius 3 is 2.29 bits per heavy atom. The summed E-state index contributed by atoms with van der Waals surface area (Å²) in [5, 5.41) is 8.03. The maximum Gasteiger partial charge on any atom is 0.367 e. The van der Waals surface area contributed by atoms with Crippen LogP contribution >= 0.6 is 24.8 Å². The average Bonchev–Trinajstić information content (AvgIpc) is 1.98.